The Hall–Kier alpha value is -0.0900. The molecule has 0 aromatic heterocycles. The fourth-order valence-corrected chi connectivity index (χ4v) is 4.08. The number of aliphatic hydroxyl groups excluding tert-OH is 1. The number of aliphatic hydroxyl groups is 1. The van der Waals surface area contributed by atoms with E-state index in [0.717, 1.165) is 25.7 Å². The third-order valence-corrected chi connectivity index (χ3v) is 4.97. The molecular formula is C10H20O3S. The maximum Gasteiger partial charge on any atom is 0.150 e. The van der Waals surface area contributed by atoms with Crippen LogP contribution in [0.25, 0.3) is 0 Å². The zero-order valence-corrected chi connectivity index (χ0v) is 9.59. The van der Waals surface area contributed by atoms with Crippen molar-refractivity contribution in [2.75, 3.05) is 18.1 Å². The Morgan fingerprint density at radius 3 is 2.79 bits per heavy atom. The first kappa shape index (κ1) is 12.0. The molecule has 1 heterocycles. The molecule has 1 aliphatic heterocycles. The summed E-state index contributed by atoms with van der Waals surface area (Å²) in [7, 11) is -2.76. The van der Waals surface area contributed by atoms with Gasteiger partial charge in [0.1, 0.15) is 0 Å². The van der Waals surface area contributed by atoms with Crippen LogP contribution in [0.5, 0.6) is 0 Å². The van der Waals surface area contributed by atoms with Gasteiger partial charge in [-0.15, -0.1) is 0 Å². The minimum atomic E-state index is -2.76. The Bertz CT molecular complexity index is 259. The fourth-order valence-electron chi connectivity index (χ4n) is 2.16. The predicted molar refractivity (Wildman–Crippen MR) is 56.9 cm³/mol. The summed E-state index contributed by atoms with van der Waals surface area (Å²) >= 11 is 0. The van der Waals surface area contributed by atoms with E-state index in [1.807, 2.05) is 0 Å². The summed E-state index contributed by atoms with van der Waals surface area (Å²) in [5.41, 5.74) is 0. The summed E-state index contributed by atoms with van der Waals surface area (Å²) in [4.78, 5) is 0. The van der Waals surface area contributed by atoms with E-state index >= 15 is 0 Å². The monoisotopic (exact) mass is 220 g/mol. The molecule has 84 valence electrons. The average molecular weight is 220 g/mol. The highest BCUT2D eigenvalue weighted by molar-refractivity contribution is 7.91. The highest BCUT2D eigenvalue weighted by atomic mass is 32.2. The van der Waals surface area contributed by atoms with Gasteiger partial charge in [0.2, 0.25) is 0 Å². The van der Waals surface area contributed by atoms with E-state index in [1.54, 1.807) is 0 Å². The Morgan fingerprint density at radius 1 is 1.50 bits per heavy atom. The summed E-state index contributed by atoms with van der Waals surface area (Å²) in [6.07, 6.45) is 3.58. The van der Waals surface area contributed by atoms with E-state index in [4.69, 9.17) is 5.11 Å². The average Bonchev–Trinajstić information content (AvgIpc) is 2.12. The van der Waals surface area contributed by atoms with Crippen molar-refractivity contribution in [3.8, 4) is 0 Å². The van der Waals surface area contributed by atoms with Gasteiger partial charge in [0, 0.05) is 6.61 Å². The molecule has 3 nitrogen and oxygen atoms in total. The van der Waals surface area contributed by atoms with Gasteiger partial charge < -0.3 is 5.11 Å². The first-order valence-corrected chi connectivity index (χ1v) is 7.18. The van der Waals surface area contributed by atoms with Gasteiger partial charge in [0.05, 0.1) is 11.5 Å². The molecule has 0 radical (unpaired) electrons. The van der Waals surface area contributed by atoms with Crippen molar-refractivity contribution >= 4 is 9.84 Å². The number of rotatable bonds is 4. The van der Waals surface area contributed by atoms with E-state index in [9.17, 15) is 8.42 Å². The third-order valence-electron chi connectivity index (χ3n) is 3.12. The second kappa shape index (κ2) is 5.12. The minimum Gasteiger partial charge on any atom is -0.396 e. The van der Waals surface area contributed by atoms with Gasteiger partial charge in [-0.25, -0.2) is 8.42 Å². The van der Waals surface area contributed by atoms with E-state index in [-0.39, 0.29) is 6.61 Å². The van der Waals surface area contributed by atoms with Crippen molar-refractivity contribution in [3.63, 3.8) is 0 Å². The first-order valence-electron chi connectivity index (χ1n) is 5.36. The molecule has 0 aromatic carbocycles. The summed E-state index contributed by atoms with van der Waals surface area (Å²) < 4.78 is 22.8. The van der Waals surface area contributed by atoms with Crippen molar-refractivity contribution < 1.29 is 13.5 Å². The second-order valence-electron chi connectivity index (χ2n) is 4.36. The number of sulfone groups is 1. The van der Waals surface area contributed by atoms with E-state index in [1.165, 1.54) is 0 Å². The fraction of sp³-hybridized carbons (Fsp3) is 1.00. The number of hydrogen-bond donors (Lipinski definition) is 1. The molecule has 0 aromatic rings. The standard InChI is InChI=1S/C10H20O3S/c1-9(4-2-6-11)10-5-3-7-14(12,13)8-10/h9-11H,2-8H2,1H3. The molecule has 0 bridgehead atoms. The van der Waals surface area contributed by atoms with Crippen LogP contribution < -0.4 is 0 Å². The smallest absolute Gasteiger partial charge is 0.150 e. The van der Waals surface area contributed by atoms with Gasteiger partial charge in [0.25, 0.3) is 0 Å². The second-order valence-corrected chi connectivity index (χ2v) is 6.59. The van der Waals surface area contributed by atoms with Crippen LogP contribution in [0.15, 0.2) is 0 Å². The molecule has 0 saturated carbocycles. The summed E-state index contributed by atoms with van der Waals surface area (Å²) in [5, 5.41) is 8.70. The molecule has 0 spiro atoms. The lowest BCUT2D eigenvalue weighted by molar-refractivity contribution is 0.252. The van der Waals surface area contributed by atoms with Crippen LogP contribution in [0, 0.1) is 11.8 Å². The molecule has 0 amide bonds. The molecule has 0 aliphatic carbocycles. The van der Waals surface area contributed by atoms with Crippen LogP contribution in [0.4, 0.5) is 0 Å². The molecule has 1 N–H and O–H groups in total. The van der Waals surface area contributed by atoms with Gasteiger partial charge in [-0.2, -0.15) is 0 Å². The molecule has 2 atom stereocenters. The van der Waals surface area contributed by atoms with Crippen LogP contribution in [-0.4, -0.2) is 31.6 Å². The van der Waals surface area contributed by atoms with E-state index < -0.39 is 9.84 Å². The Balaban J connectivity index is 2.43. The van der Waals surface area contributed by atoms with Crippen LogP contribution in [0.2, 0.25) is 0 Å². The SMILES string of the molecule is CC(CCCO)C1CCCS(=O)(=O)C1. The maximum atomic E-state index is 11.4. The predicted octanol–water partition coefficient (Wildman–Crippen LogP) is 1.22. The molecule has 1 fully saturated rings. The van der Waals surface area contributed by atoms with Crippen LogP contribution in [-0.2, 0) is 9.84 Å². The van der Waals surface area contributed by atoms with Crippen molar-refractivity contribution in [1.82, 2.24) is 0 Å². The quantitative estimate of drug-likeness (QED) is 0.775. The lowest BCUT2D eigenvalue weighted by Crippen LogP contribution is -2.29. The van der Waals surface area contributed by atoms with Gasteiger partial charge in [0.15, 0.2) is 9.84 Å². The summed E-state index contributed by atoms with van der Waals surface area (Å²) in [6.45, 7) is 2.31. The van der Waals surface area contributed by atoms with Crippen molar-refractivity contribution in [3.05, 3.63) is 0 Å². The Kier molecular flexibility index (Phi) is 4.38. The van der Waals surface area contributed by atoms with Crippen LogP contribution in [0.1, 0.15) is 32.6 Å². The number of hydrogen-bond acceptors (Lipinski definition) is 3. The Morgan fingerprint density at radius 2 is 2.21 bits per heavy atom. The van der Waals surface area contributed by atoms with Crippen LogP contribution in [0.3, 0.4) is 0 Å². The lowest BCUT2D eigenvalue weighted by atomic mass is 9.88. The van der Waals surface area contributed by atoms with Crippen molar-refractivity contribution in [2.45, 2.75) is 32.6 Å². The highest BCUT2D eigenvalue weighted by Gasteiger charge is 2.28. The van der Waals surface area contributed by atoms with Crippen molar-refractivity contribution in [2.24, 2.45) is 11.8 Å². The molecule has 1 saturated heterocycles. The Labute approximate surface area is 86.4 Å². The summed E-state index contributed by atoms with van der Waals surface area (Å²) in [6, 6.07) is 0. The third kappa shape index (κ3) is 3.58. The van der Waals surface area contributed by atoms with E-state index in [0.29, 0.717) is 23.3 Å². The summed E-state index contributed by atoms with van der Waals surface area (Å²) in [5.74, 6) is 1.48. The molecule has 1 aliphatic rings. The first-order chi connectivity index (χ1) is 6.55. The molecule has 2 unspecified atom stereocenters. The molecule has 14 heavy (non-hydrogen) atoms. The topological polar surface area (TPSA) is 54.4 Å². The van der Waals surface area contributed by atoms with Gasteiger partial charge >= 0.3 is 0 Å². The zero-order valence-electron chi connectivity index (χ0n) is 8.78. The lowest BCUT2D eigenvalue weighted by Gasteiger charge is -2.27. The molecule has 4 heteroatoms. The molecule has 1 rings (SSSR count). The minimum absolute atomic E-state index is 0.212. The van der Waals surface area contributed by atoms with Crippen LogP contribution >= 0.6 is 0 Å². The normalized spacial score (nSPS) is 28.6. The molecular weight excluding hydrogens is 200 g/mol. The van der Waals surface area contributed by atoms with Crippen molar-refractivity contribution in [1.29, 1.82) is 0 Å². The van der Waals surface area contributed by atoms with Gasteiger partial charge in [-0.3, -0.25) is 0 Å². The maximum absolute atomic E-state index is 11.4. The zero-order chi connectivity index (χ0) is 10.6. The van der Waals surface area contributed by atoms with Gasteiger partial charge in [-0.05, 0) is 37.5 Å². The van der Waals surface area contributed by atoms with Gasteiger partial charge in [-0.1, -0.05) is 6.92 Å². The van der Waals surface area contributed by atoms with E-state index in [2.05, 4.69) is 6.92 Å². The highest BCUT2D eigenvalue weighted by Crippen LogP contribution is 2.27. The largest absolute Gasteiger partial charge is 0.396 e.